The number of allylic oxidation sites excluding steroid dienone is 2. The summed E-state index contributed by atoms with van der Waals surface area (Å²) in [5.74, 6) is 5.63. The van der Waals surface area contributed by atoms with Crippen molar-refractivity contribution in [2.75, 3.05) is 0 Å². The van der Waals surface area contributed by atoms with E-state index >= 15 is 0 Å². The SMILES string of the molecule is Cc1ccc(S[C@H]2CC[C@@]3(C)C(=CC[C@H]4[C@@H]5CC[C@H]([C@H](C)CCCC(C)C)[C@@]5(C)CC[C@@H]43)C2)cc1. The zero-order chi connectivity index (χ0) is 24.8. The van der Waals surface area contributed by atoms with Crippen LogP contribution in [0.5, 0.6) is 0 Å². The van der Waals surface area contributed by atoms with Gasteiger partial charge in [0.1, 0.15) is 0 Å². The summed E-state index contributed by atoms with van der Waals surface area (Å²) >= 11 is 2.14. The van der Waals surface area contributed by atoms with Gasteiger partial charge in [0.2, 0.25) is 0 Å². The fraction of sp³-hybridized carbons (Fsp3) is 0.765. The topological polar surface area (TPSA) is 0 Å². The molecule has 5 rings (SSSR count). The normalized spacial score (nSPS) is 39.5. The summed E-state index contributed by atoms with van der Waals surface area (Å²) in [5.41, 5.74) is 4.30. The molecule has 3 saturated carbocycles. The van der Waals surface area contributed by atoms with Gasteiger partial charge in [0.05, 0.1) is 0 Å². The van der Waals surface area contributed by atoms with Crippen LogP contribution in [0.1, 0.15) is 111 Å². The van der Waals surface area contributed by atoms with Crippen LogP contribution < -0.4 is 0 Å². The number of hydrogen-bond acceptors (Lipinski definition) is 1. The number of thioether (sulfide) groups is 1. The van der Waals surface area contributed by atoms with E-state index in [2.05, 4.69) is 83.6 Å². The molecule has 0 radical (unpaired) electrons. The quantitative estimate of drug-likeness (QED) is 0.341. The van der Waals surface area contributed by atoms with Gasteiger partial charge in [0.15, 0.2) is 0 Å². The lowest BCUT2D eigenvalue weighted by Gasteiger charge is -2.58. The van der Waals surface area contributed by atoms with Crippen molar-refractivity contribution >= 4 is 11.8 Å². The largest absolute Gasteiger partial charge is 0.122 e. The maximum absolute atomic E-state index is 2.77. The molecule has 1 aromatic rings. The summed E-state index contributed by atoms with van der Waals surface area (Å²) in [4.78, 5) is 1.46. The molecule has 4 aliphatic carbocycles. The average molecular weight is 493 g/mol. The van der Waals surface area contributed by atoms with E-state index in [1.54, 1.807) is 0 Å². The van der Waals surface area contributed by atoms with Crippen LogP contribution in [-0.4, -0.2) is 5.25 Å². The lowest BCUT2D eigenvalue weighted by atomic mass is 9.47. The number of rotatable bonds is 7. The van der Waals surface area contributed by atoms with Gasteiger partial charge in [-0.25, -0.2) is 0 Å². The van der Waals surface area contributed by atoms with Gasteiger partial charge in [-0.2, -0.15) is 0 Å². The molecular formula is C34H52S. The Kier molecular flexibility index (Phi) is 7.58. The summed E-state index contributed by atoms with van der Waals surface area (Å²) in [6.45, 7) is 15.0. The van der Waals surface area contributed by atoms with Crippen LogP contribution in [0, 0.1) is 53.3 Å². The van der Waals surface area contributed by atoms with E-state index < -0.39 is 0 Å². The molecule has 194 valence electrons. The molecule has 0 spiro atoms. The second-order valence-electron chi connectivity index (χ2n) is 14.1. The zero-order valence-electron chi connectivity index (χ0n) is 23.6. The first kappa shape index (κ1) is 25.9. The molecule has 0 unspecified atom stereocenters. The van der Waals surface area contributed by atoms with Crippen LogP contribution >= 0.6 is 11.8 Å². The maximum Gasteiger partial charge on any atom is 0.0132 e. The van der Waals surface area contributed by atoms with Gasteiger partial charge in [0, 0.05) is 10.1 Å². The summed E-state index contributed by atoms with van der Waals surface area (Å²) in [5, 5.41) is 0.769. The summed E-state index contributed by atoms with van der Waals surface area (Å²) < 4.78 is 0. The predicted octanol–water partition coefficient (Wildman–Crippen LogP) is 10.5. The Balaban J connectivity index is 1.26. The fourth-order valence-electron chi connectivity index (χ4n) is 9.56. The molecule has 0 amide bonds. The maximum atomic E-state index is 2.77. The van der Waals surface area contributed by atoms with E-state index in [0.717, 1.165) is 40.8 Å². The molecule has 3 fully saturated rings. The molecule has 0 nitrogen and oxygen atoms in total. The molecule has 0 heterocycles. The third-order valence-electron chi connectivity index (χ3n) is 11.6. The number of benzene rings is 1. The van der Waals surface area contributed by atoms with Gasteiger partial charge < -0.3 is 0 Å². The molecule has 0 aromatic heterocycles. The highest BCUT2D eigenvalue weighted by molar-refractivity contribution is 8.00. The highest BCUT2D eigenvalue weighted by Gasteiger charge is 2.59. The molecule has 0 bridgehead atoms. The first-order valence-corrected chi connectivity index (χ1v) is 16.0. The Morgan fingerprint density at radius 2 is 1.69 bits per heavy atom. The van der Waals surface area contributed by atoms with Gasteiger partial charge >= 0.3 is 0 Å². The lowest BCUT2D eigenvalue weighted by molar-refractivity contribution is -0.0497. The minimum Gasteiger partial charge on any atom is -0.122 e. The molecule has 1 heteroatoms. The minimum atomic E-state index is 0.482. The van der Waals surface area contributed by atoms with Gasteiger partial charge in [-0.3, -0.25) is 0 Å². The molecule has 1 aromatic carbocycles. The van der Waals surface area contributed by atoms with E-state index in [0.29, 0.717) is 10.8 Å². The first-order chi connectivity index (χ1) is 16.7. The van der Waals surface area contributed by atoms with Gasteiger partial charge in [-0.05, 0) is 117 Å². The monoisotopic (exact) mass is 492 g/mol. The van der Waals surface area contributed by atoms with Crippen LogP contribution in [0.15, 0.2) is 40.8 Å². The molecule has 0 N–H and O–H groups in total. The summed E-state index contributed by atoms with van der Waals surface area (Å²) in [6.07, 6.45) is 18.6. The molecular weight excluding hydrogens is 440 g/mol. The van der Waals surface area contributed by atoms with Crippen molar-refractivity contribution < 1.29 is 0 Å². The van der Waals surface area contributed by atoms with Crippen molar-refractivity contribution in [3.63, 3.8) is 0 Å². The van der Waals surface area contributed by atoms with Crippen LogP contribution in [0.3, 0.4) is 0 Å². The van der Waals surface area contributed by atoms with Crippen LogP contribution in [-0.2, 0) is 0 Å². The summed E-state index contributed by atoms with van der Waals surface area (Å²) in [7, 11) is 0. The van der Waals surface area contributed by atoms with E-state index in [-0.39, 0.29) is 0 Å². The fourth-order valence-corrected chi connectivity index (χ4v) is 10.7. The van der Waals surface area contributed by atoms with Crippen LogP contribution in [0.2, 0.25) is 0 Å². The zero-order valence-corrected chi connectivity index (χ0v) is 24.4. The number of aryl methyl sites for hydroxylation is 1. The Morgan fingerprint density at radius 1 is 0.914 bits per heavy atom. The highest BCUT2D eigenvalue weighted by Crippen LogP contribution is 2.67. The predicted molar refractivity (Wildman–Crippen MR) is 154 cm³/mol. The van der Waals surface area contributed by atoms with Crippen molar-refractivity contribution in [3.8, 4) is 0 Å². The standard InChI is InChI=1S/C34H52S/c1-23(2)8-7-9-25(4)30-16-17-31-29-15-12-26-22-28(35-27-13-10-24(3)11-14-27)18-20-33(26,5)32(29)19-21-34(30,31)6/h10-14,23,25,28-32H,7-9,15-22H2,1-6H3/t25-,28+,29+,30-,31+,32+,33+,34-/m1/s1. The van der Waals surface area contributed by atoms with Gasteiger partial charge in [-0.15, -0.1) is 11.8 Å². The number of fused-ring (bicyclic) bond motifs is 5. The smallest absolute Gasteiger partial charge is 0.0132 e. The van der Waals surface area contributed by atoms with Crippen molar-refractivity contribution in [2.45, 2.75) is 122 Å². The highest BCUT2D eigenvalue weighted by atomic mass is 32.2. The molecule has 8 atom stereocenters. The van der Waals surface area contributed by atoms with Crippen molar-refractivity contribution in [3.05, 3.63) is 41.5 Å². The Morgan fingerprint density at radius 3 is 2.43 bits per heavy atom. The first-order valence-electron chi connectivity index (χ1n) is 15.1. The van der Waals surface area contributed by atoms with E-state index in [1.807, 2.05) is 5.57 Å². The van der Waals surface area contributed by atoms with E-state index in [9.17, 15) is 0 Å². The lowest BCUT2D eigenvalue weighted by Crippen LogP contribution is -2.50. The van der Waals surface area contributed by atoms with Crippen LogP contribution in [0.25, 0.3) is 0 Å². The minimum absolute atomic E-state index is 0.482. The van der Waals surface area contributed by atoms with Crippen molar-refractivity contribution in [1.29, 1.82) is 0 Å². The second-order valence-corrected chi connectivity index (χ2v) is 15.5. The number of hydrogen-bond donors (Lipinski definition) is 0. The molecule has 0 saturated heterocycles. The van der Waals surface area contributed by atoms with Gasteiger partial charge in [0.25, 0.3) is 0 Å². The molecule has 35 heavy (non-hydrogen) atoms. The van der Waals surface area contributed by atoms with Crippen LogP contribution in [0.4, 0.5) is 0 Å². The third-order valence-corrected chi connectivity index (χ3v) is 12.9. The van der Waals surface area contributed by atoms with Crippen molar-refractivity contribution in [2.24, 2.45) is 46.3 Å². The average Bonchev–Trinajstić information content (AvgIpc) is 3.18. The van der Waals surface area contributed by atoms with E-state index in [1.165, 1.54) is 81.1 Å². The Hall–Kier alpha value is -0.690. The molecule has 4 aliphatic rings. The van der Waals surface area contributed by atoms with Gasteiger partial charge in [-0.1, -0.05) is 83.2 Å². The Bertz CT molecular complexity index is 896. The van der Waals surface area contributed by atoms with Crippen molar-refractivity contribution in [1.82, 2.24) is 0 Å². The second kappa shape index (κ2) is 10.2. The third kappa shape index (κ3) is 4.94. The molecule has 0 aliphatic heterocycles. The Labute approximate surface area is 221 Å². The van der Waals surface area contributed by atoms with E-state index in [4.69, 9.17) is 0 Å². The summed E-state index contributed by atoms with van der Waals surface area (Å²) in [6, 6.07) is 9.22.